The van der Waals surface area contributed by atoms with E-state index in [1.807, 2.05) is 6.07 Å². The van der Waals surface area contributed by atoms with E-state index in [1.54, 1.807) is 12.1 Å². The third kappa shape index (κ3) is 2.60. The van der Waals surface area contributed by atoms with E-state index in [-0.39, 0.29) is 5.82 Å². The highest BCUT2D eigenvalue weighted by Crippen LogP contribution is 2.27. The van der Waals surface area contributed by atoms with Crippen LogP contribution >= 0.6 is 0 Å². The Kier molecular flexibility index (Phi) is 3.71. The molecule has 19 heavy (non-hydrogen) atoms. The summed E-state index contributed by atoms with van der Waals surface area (Å²) < 4.78 is 13.3. The predicted octanol–water partition coefficient (Wildman–Crippen LogP) is 1.96. The third-order valence-electron chi connectivity index (χ3n) is 4.44. The van der Waals surface area contributed by atoms with Gasteiger partial charge in [-0.2, -0.15) is 0 Å². The van der Waals surface area contributed by atoms with Crippen LogP contribution in [0.3, 0.4) is 0 Å². The van der Waals surface area contributed by atoms with Gasteiger partial charge in [0.1, 0.15) is 5.82 Å². The lowest BCUT2D eigenvalue weighted by molar-refractivity contribution is 0.133. The molecule has 1 atom stereocenters. The number of piperidine rings is 1. The third-order valence-corrected chi connectivity index (χ3v) is 4.44. The molecule has 1 aromatic carbocycles. The lowest BCUT2D eigenvalue weighted by Crippen LogP contribution is -2.55. The molecule has 2 saturated heterocycles. The van der Waals surface area contributed by atoms with Crippen LogP contribution in [0.4, 0.5) is 10.1 Å². The summed E-state index contributed by atoms with van der Waals surface area (Å²) in [6.07, 6.45) is 3.96. The van der Waals surface area contributed by atoms with Crippen LogP contribution < -0.4 is 10.6 Å². The first-order chi connectivity index (χ1) is 9.28. The Morgan fingerprint density at radius 1 is 1.21 bits per heavy atom. The zero-order valence-corrected chi connectivity index (χ0v) is 11.3. The van der Waals surface area contributed by atoms with Crippen molar-refractivity contribution in [1.82, 2.24) is 4.90 Å². The van der Waals surface area contributed by atoms with E-state index < -0.39 is 0 Å². The first kappa shape index (κ1) is 12.9. The number of hydrogen-bond donors (Lipinski definition) is 1. The fraction of sp³-hybridized carbons (Fsp3) is 0.600. The summed E-state index contributed by atoms with van der Waals surface area (Å²) in [6, 6.07) is 5.67. The summed E-state index contributed by atoms with van der Waals surface area (Å²) >= 11 is 0. The van der Waals surface area contributed by atoms with Crippen LogP contribution in [0.5, 0.6) is 0 Å². The molecule has 3 nitrogen and oxygen atoms in total. The van der Waals surface area contributed by atoms with Crippen LogP contribution in [0.25, 0.3) is 0 Å². The average Bonchev–Trinajstić information content (AvgIpc) is 2.46. The summed E-state index contributed by atoms with van der Waals surface area (Å²) in [4.78, 5) is 4.99. The standard InChI is InChI=1S/C15H22FN3/c16-13-4-5-15(12(9-13)10-17)19-8-7-18-6-2-1-3-14(18)11-19/h4-5,9,14H,1-3,6-8,10-11,17H2. The zero-order valence-electron chi connectivity index (χ0n) is 11.3. The van der Waals surface area contributed by atoms with E-state index >= 15 is 0 Å². The highest BCUT2D eigenvalue weighted by molar-refractivity contribution is 5.54. The molecule has 0 radical (unpaired) electrons. The summed E-state index contributed by atoms with van der Waals surface area (Å²) in [5, 5.41) is 0. The summed E-state index contributed by atoms with van der Waals surface area (Å²) in [6.45, 7) is 4.84. The smallest absolute Gasteiger partial charge is 0.123 e. The Bertz CT molecular complexity index is 449. The van der Waals surface area contributed by atoms with Gasteiger partial charge in [-0.1, -0.05) is 6.42 Å². The van der Waals surface area contributed by atoms with Gasteiger partial charge in [0.05, 0.1) is 0 Å². The maximum atomic E-state index is 13.3. The van der Waals surface area contributed by atoms with E-state index in [2.05, 4.69) is 9.80 Å². The number of fused-ring (bicyclic) bond motifs is 1. The molecule has 0 saturated carbocycles. The fourth-order valence-electron chi connectivity index (χ4n) is 3.40. The Morgan fingerprint density at radius 3 is 2.95 bits per heavy atom. The minimum atomic E-state index is -0.194. The number of nitrogens with zero attached hydrogens (tertiary/aromatic N) is 2. The van der Waals surface area contributed by atoms with Crippen LogP contribution in [0.15, 0.2) is 18.2 Å². The molecule has 2 aliphatic rings. The van der Waals surface area contributed by atoms with Crippen molar-refractivity contribution in [3.8, 4) is 0 Å². The normalized spacial score (nSPS) is 24.3. The molecule has 2 fully saturated rings. The molecule has 2 heterocycles. The van der Waals surface area contributed by atoms with Gasteiger partial charge in [0.2, 0.25) is 0 Å². The van der Waals surface area contributed by atoms with Crippen molar-refractivity contribution in [3.05, 3.63) is 29.6 Å². The number of halogens is 1. The zero-order chi connectivity index (χ0) is 13.2. The number of piperazine rings is 1. The van der Waals surface area contributed by atoms with Gasteiger partial charge in [0.15, 0.2) is 0 Å². The van der Waals surface area contributed by atoms with Crippen molar-refractivity contribution in [3.63, 3.8) is 0 Å². The SMILES string of the molecule is NCc1cc(F)ccc1N1CCN2CCCCC2C1. The number of nitrogens with two attached hydrogens (primary N) is 1. The monoisotopic (exact) mass is 263 g/mol. The number of hydrogen-bond acceptors (Lipinski definition) is 3. The largest absolute Gasteiger partial charge is 0.368 e. The number of rotatable bonds is 2. The molecule has 104 valence electrons. The van der Waals surface area contributed by atoms with Crippen LogP contribution in [-0.2, 0) is 6.54 Å². The van der Waals surface area contributed by atoms with Crippen molar-refractivity contribution in [2.75, 3.05) is 31.1 Å². The van der Waals surface area contributed by atoms with Crippen molar-refractivity contribution in [2.24, 2.45) is 5.73 Å². The van der Waals surface area contributed by atoms with Gasteiger partial charge in [-0.05, 0) is 43.1 Å². The molecule has 2 aliphatic heterocycles. The van der Waals surface area contributed by atoms with Crippen LogP contribution in [0.1, 0.15) is 24.8 Å². The summed E-state index contributed by atoms with van der Waals surface area (Å²) in [5.41, 5.74) is 7.79. The van der Waals surface area contributed by atoms with E-state index in [9.17, 15) is 4.39 Å². The van der Waals surface area contributed by atoms with Gasteiger partial charge < -0.3 is 10.6 Å². The molecular formula is C15H22FN3. The molecule has 1 unspecified atom stereocenters. The molecule has 4 heteroatoms. The first-order valence-corrected chi connectivity index (χ1v) is 7.25. The van der Waals surface area contributed by atoms with Crippen LogP contribution in [-0.4, -0.2) is 37.1 Å². The second-order valence-corrected chi connectivity index (χ2v) is 5.61. The second kappa shape index (κ2) is 5.47. The Balaban J connectivity index is 1.79. The molecule has 1 aromatic rings. The molecule has 3 rings (SSSR count). The van der Waals surface area contributed by atoms with Gasteiger partial charge in [0.25, 0.3) is 0 Å². The molecule has 0 spiro atoms. The quantitative estimate of drug-likeness (QED) is 0.885. The Hall–Kier alpha value is -1.13. The maximum absolute atomic E-state index is 13.3. The fourth-order valence-corrected chi connectivity index (χ4v) is 3.40. The van der Waals surface area contributed by atoms with E-state index in [0.29, 0.717) is 12.6 Å². The van der Waals surface area contributed by atoms with Gasteiger partial charge in [0, 0.05) is 37.9 Å². The first-order valence-electron chi connectivity index (χ1n) is 7.25. The topological polar surface area (TPSA) is 32.5 Å². The predicted molar refractivity (Wildman–Crippen MR) is 75.7 cm³/mol. The second-order valence-electron chi connectivity index (χ2n) is 5.61. The van der Waals surface area contributed by atoms with E-state index in [0.717, 1.165) is 30.9 Å². The lowest BCUT2D eigenvalue weighted by atomic mass is 9.98. The van der Waals surface area contributed by atoms with Crippen molar-refractivity contribution in [2.45, 2.75) is 31.8 Å². The van der Waals surface area contributed by atoms with Crippen molar-refractivity contribution in [1.29, 1.82) is 0 Å². The molecule has 0 amide bonds. The molecule has 2 N–H and O–H groups in total. The molecular weight excluding hydrogens is 241 g/mol. The Morgan fingerprint density at radius 2 is 2.11 bits per heavy atom. The molecule has 0 bridgehead atoms. The average molecular weight is 263 g/mol. The highest BCUT2D eigenvalue weighted by Gasteiger charge is 2.29. The minimum Gasteiger partial charge on any atom is -0.368 e. The van der Waals surface area contributed by atoms with E-state index in [4.69, 9.17) is 5.73 Å². The van der Waals surface area contributed by atoms with Crippen molar-refractivity contribution < 1.29 is 4.39 Å². The summed E-state index contributed by atoms with van der Waals surface area (Å²) in [7, 11) is 0. The number of anilines is 1. The summed E-state index contributed by atoms with van der Waals surface area (Å²) in [5.74, 6) is -0.194. The Labute approximate surface area is 114 Å². The van der Waals surface area contributed by atoms with Gasteiger partial charge in [-0.15, -0.1) is 0 Å². The maximum Gasteiger partial charge on any atom is 0.123 e. The van der Waals surface area contributed by atoms with Gasteiger partial charge in [-0.3, -0.25) is 4.90 Å². The minimum absolute atomic E-state index is 0.194. The molecule has 0 aromatic heterocycles. The van der Waals surface area contributed by atoms with Crippen molar-refractivity contribution >= 4 is 5.69 Å². The van der Waals surface area contributed by atoms with E-state index in [1.165, 1.54) is 25.8 Å². The molecule has 0 aliphatic carbocycles. The van der Waals surface area contributed by atoms with Gasteiger partial charge >= 0.3 is 0 Å². The van der Waals surface area contributed by atoms with Gasteiger partial charge in [-0.25, -0.2) is 4.39 Å². The highest BCUT2D eigenvalue weighted by atomic mass is 19.1. The van der Waals surface area contributed by atoms with Crippen LogP contribution in [0.2, 0.25) is 0 Å². The lowest BCUT2D eigenvalue weighted by Gasteiger charge is -2.45. The number of benzene rings is 1. The van der Waals surface area contributed by atoms with Crippen LogP contribution in [0, 0.1) is 5.82 Å².